The highest BCUT2D eigenvalue weighted by Gasteiger charge is 2.10. The lowest BCUT2D eigenvalue weighted by atomic mass is 9.96. The summed E-state index contributed by atoms with van der Waals surface area (Å²) in [6.07, 6.45) is 3.64. The van der Waals surface area contributed by atoms with Crippen LogP contribution in [0.3, 0.4) is 0 Å². The predicted molar refractivity (Wildman–Crippen MR) is 76.3 cm³/mol. The molecule has 0 heterocycles. The molecule has 17 heavy (non-hydrogen) atoms. The van der Waals surface area contributed by atoms with E-state index in [1.807, 2.05) is 0 Å². The largest absolute Gasteiger partial charge is 0.310 e. The van der Waals surface area contributed by atoms with E-state index in [1.54, 1.807) is 0 Å². The SMILES string of the molecule is CCNC(CCC(C)C)c1ccc(CC)cc1. The lowest BCUT2D eigenvalue weighted by Crippen LogP contribution is -2.21. The zero-order valence-electron chi connectivity index (χ0n) is 11.8. The molecule has 0 bridgehead atoms. The van der Waals surface area contributed by atoms with Gasteiger partial charge in [-0.05, 0) is 42.9 Å². The van der Waals surface area contributed by atoms with E-state index in [4.69, 9.17) is 0 Å². The minimum absolute atomic E-state index is 0.522. The Labute approximate surface area is 107 Å². The standard InChI is InChI=1S/C16H27N/c1-5-14-8-10-15(11-9-14)16(17-6-2)12-7-13(3)4/h8-11,13,16-17H,5-7,12H2,1-4H3. The second-order valence-corrected chi connectivity index (χ2v) is 5.18. The number of hydrogen-bond acceptors (Lipinski definition) is 1. The third-order valence-corrected chi connectivity index (χ3v) is 3.27. The Morgan fingerprint density at radius 3 is 2.12 bits per heavy atom. The molecule has 1 N–H and O–H groups in total. The topological polar surface area (TPSA) is 12.0 Å². The normalized spacial score (nSPS) is 13.0. The van der Waals surface area contributed by atoms with E-state index in [0.29, 0.717) is 6.04 Å². The zero-order valence-corrected chi connectivity index (χ0v) is 11.8. The van der Waals surface area contributed by atoms with Crippen molar-refractivity contribution in [1.82, 2.24) is 5.32 Å². The van der Waals surface area contributed by atoms with E-state index in [0.717, 1.165) is 18.9 Å². The fraction of sp³-hybridized carbons (Fsp3) is 0.625. The van der Waals surface area contributed by atoms with Gasteiger partial charge >= 0.3 is 0 Å². The molecular formula is C16H27N. The van der Waals surface area contributed by atoms with Crippen molar-refractivity contribution in [2.75, 3.05) is 6.54 Å². The van der Waals surface area contributed by atoms with Crippen LogP contribution >= 0.6 is 0 Å². The summed E-state index contributed by atoms with van der Waals surface area (Å²) in [5, 5.41) is 3.59. The van der Waals surface area contributed by atoms with Crippen LogP contribution in [-0.4, -0.2) is 6.54 Å². The van der Waals surface area contributed by atoms with Gasteiger partial charge in [0.15, 0.2) is 0 Å². The minimum atomic E-state index is 0.522. The van der Waals surface area contributed by atoms with Crippen molar-refractivity contribution in [3.05, 3.63) is 35.4 Å². The van der Waals surface area contributed by atoms with Crippen molar-refractivity contribution >= 4 is 0 Å². The molecule has 1 heteroatoms. The molecule has 0 aliphatic rings. The number of aryl methyl sites for hydroxylation is 1. The second kappa shape index (κ2) is 7.50. The Morgan fingerprint density at radius 1 is 1.00 bits per heavy atom. The third kappa shape index (κ3) is 4.91. The first-order valence-electron chi connectivity index (χ1n) is 6.99. The monoisotopic (exact) mass is 233 g/mol. The van der Waals surface area contributed by atoms with Crippen molar-refractivity contribution in [3.63, 3.8) is 0 Å². The van der Waals surface area contributed by atoms with Crippen LogP contribution in [0.15, 0.2) is 24.3 Å². The van der Waals surface area contributed by atoms with Crippen molar-refractivity contribution in [2.24, 2.45) is 5.92 Å². The van der Waals surface area contributed by atoms with Crippen molar-refractivity contribution < 1.29 is 0 Å². The fourth-order valence-electron chi connectivity index (χ4n) is 2.12. The van der Waals surface area contributed by atoms with Crippen molar-refractivity contribution in [3.8, 4) is 0 Å². The second-order valence-electron chi connectivity index (χ2n) is 5.18. The van der Waals surface area contributed by atoms with E-state index < -0.39 is 0 Å². The molecule has 0 aliphatic carbocycles. The van der Waals surface area contributed by atoms with Gasteiger partial charge in [0.2, 0.25) is 0 Å². The van der Waals surface area contributed by atoms with Gasteiger partial charge < -0.3 is 5.32 Å². The van der Waals surface area contributed by atoms with Gasteiger partial charge in [-0.2, -0.15) is 0 Å². The maximum atomic E-state index is 3.59. The van der Waals surface area contributed by atoms with Gasteiger partial charge in [-0.15, -0.1) is 0 Å². The van der Waals surface area contributed by atoms with Gasteiger partial charge in [-0.3, -0.25) is 0 Å². The Balaban J connectivity index is 2.67. The van der Waals surface area contributed by atoms with Crippen molar-refractivity contribution in [2.45, 2.75) is 53.0 Å². The Hall–Kier alpha value is -0.820. The maximum Gasteiger partial charge on any atom is 0.0320 e. The summed E-state index contributed by atoms with van der Waals surface area (Å²) in [6, 6.07) is 9.61. The van der Waals surface area contributed by atoms with Crippen LogP contribution in [-0.2, 0) is 6.42 Å². The predicted octanol–water partition coefficient (Wildman–Crippen LogP) is 4.34. The molecule has 0 saturated carbocycles. The van der Waals surface area contributed by atoms with Gasteiger partial charge in [0.1, 0.15) is 0 Å². The van der Waals surface area contributed by atoms with Gasteiger partial charge in [0, 0.05) is 6.04 Å². The summed E-state index contributed by atoms with van der Waals surface area (Å²) in [5.74, 6) is 0.783. The summed E-state index contributed by atoms with van der Waals surface area (Å²) in [5.41, 5.74) is 2.86. The quantitative estimate of drug-likeness (QED) is 0.739. The molecule has 1 aromatic rings. The van der Waals surface area contributed by atoms with Crippen LogP contribution in [0.5, 0.6) is 0 Å². The van der Waals surface area contributed by atoms with Crippen LogP contribution in [0, 0.1) is 5.92 Å². The van der Waals surface area contributed by atoms with Gasteiger partial charge in [0.05, 0.1) is 0 Å². The van der Waals surface area contributed by atoms with Crippen LogP contribution < -0.4 is 5.32 Å². The molecular weight excluding hydrogens is 206 g/mol. The first-order chi connectivity index (χ1) is 8.17. The molecule has 1 aromatic carbocycles. The Morgan fingerprint density at radius 2 is 1.65 bits per heavy atom. The number of nitrogens with one attached hydrogen (secondary N) is 1. The summed E-state index contributed by atoms with van der Waals surface area (Å²) in [6.45, 7) is 10.0. The first-order valence-corrected chi connectivity index (χ1v) is 6.99. The van der Waals surface area contributed by atoms with Gasteiger partial charge in [-0.1, -0.05) is 52.0 Å². The lowest BCUT2D eigenvalue weighted by molar-refractivity contribution is 0.448. The Bertz CT molecular complexity index is 300. The molecule has 1 rings (SSSR count). The molecule has 0 aromatic heterocycles. The molecule has 1 nitrogen and oxygen atoms in total. The smallest absolute Gasteiger partial charge is 0.0320 e. The van der Waals surface area contributed by atoms with Gasteiger partial charge in [-0.25, -0.2) is 0 Å². The molecule has 0 amide bonds. The molecule has 0 fully saturated rings. The average Bonchev–Trinajstić information content (AvgIpc) is 2.34. The number of rotatable bonds is 7. The highest BCUT2D eigenvalue weighted by atomic mass is 14.9. The van der Waals surface area contributed by atoms with Crippen LogP contribution in [0.1, 0.15) is 57.7 Å². The molecule has 0 radical (unpaired) electrons. The summed E-state index contributed by atoms with van der Waals surface area (Å²) >= 11 is 0. The molecule has 96 valence electrons. The Kier molecular flexibility index (Phi) is 6.28. The highest BCUT2D eigenvalue weighted by molar-refractivity contribution is 5.25. The van der Waals surface area contributed by atoms with Crippen molar-refractivity contribution in [1.29, 1.82) is 0 Å². The number of hydrogen-bond donors (Lipinski definition) is 1. The third-order valence-electron chi connectivity index (χ3n) is 3.27. The summed E-state index contributed by atoms with van der Waals surface area (Å²) < 4.78 is 0. The maximum absolute atomic E-state index is 3.59. The fourth-order valence-corrected chi connectivity index (χ4v) is 2.12. The van der Waals surface area contributed by atoms with Gasteiger partial charge in [0.25, 0.3) is 0 Å². The number of benzene rings is 1. The molecule has 0 saturated heterocycles. The van der Waals surface area contributed by atoms with E-state index >= 15 is 0 Å². The van der Waals surface area contributed by atoms with E-state index in [9.17, 15) is 0 Å². The van der Waals surface area contributed by atoms with E-state index in [-0.39, 0.29) is 0 Å². The molecule has 1 unspecified atom stereocenters. The minimum Gasteiger partial charge on any atom is -0.310 e. The molecule has 0 aliphatic heterocycles. The first kappa shape index (κ1) is 14.2. The van der Waals surface area contributed by atoms with Crippen LogP contribution in [0.4, 0.5) is 0 Å². The zero-order chi connectivity index (χ0) is 12.7. The molecule has 1 atom stereocenters. The van der Waals surface area contributed by atoms with Crippen LogP contribution in [0.25, 0.3) is 0 Å². The van der Waals surface area contributed by atoms with E-state index in [2.05, 4.69) is 57.3 Å². The lowest BCUT2D eigenvalue weighted by Gasteiger charge is -2.19. The summed E-state index contributed by atoms with van der Waals surface area (Å²) in [7, 11) is 0. The van der Waals surface area contributed by atoms with Crippen LogP contribution in [0.2, 0.25) is 0 Å². The van der Waals surface area contributed by atoms with E-state index in [1.165, 1.54) is 24.0 Å². The average molecular weight is 233 g/mol. The highest BCUT2D eigenvalue weighted by Crippen LogP contribution is 2.21. The summed E-state index contributed by atoms with van der Waals surface area (Å²) in [4.78, 5) is 0. The molecule has 0 spiro atoms.